The van der Waals surface area contributed by atoms with Crippen LogP contribution in [-0.2, 0) is 0 Å². The lowest BCUT2D eigenvalue weighted by Gasteiger charge is -2.20. The van der Waals surface area contributed by atoms with Crippen LogP contribution >= 0.6 is 0 Å². The van der Waals surface area contributed by atoms with Gasteiger partial charge in [0.15, 0.2) is 0 Å². The van der Waals surface area contributed by atoms with E-state index in [0.717, 1.165) is 17.0 Å². The highest BCUT2D eigenvalue weighted by Crippen LogP contribution is 2.35. The van der Waals surface area contributed by atoms with Gasteiger partial charge in [0.2, 0.25) is 0 Å². The Morgan fingerprint density at radius 1 is 1.24 bits per heavy atom. The largest absolute Gasteiger partial charge is 0.493 e. The molecule has 1 amide bonds. The highest BCUT2D eigenvalue weighted by Gasteiger charge is 2.29. The van der Waals surface area contributed by atoms with Gasteiger partial charge in [-0.05, 0) is 37.3 Å². The minimum atomic E-state index is -0.0749. The monoisotopic (exact) mass is 333 g/mol. The number of hydrogen-bond donors (Lipinski definition) is 1. The standard InChI is InChI=1S/C20H19N3O2/c1-14(18-12-25-19-5-3-2-4-17(18)19)22-20(24)15-6-8-16(9-7-15)23-11-10-21-13-23/h2-11,13-14,18H,12H2,1H3,(H,22,24). The molecular weight excluding hydrogens is 314 g/mol. The molecule has 0 saturated carbocycles. The molecular formula is C20H19N3O2. The Kier molecular flexibility index (Phi) is 3.98. The second kappa shape index (κ2) is 6.43. The number of nitrogens with zero attached hydrogens (tertiary/aromatic N) is 2. The van der Waals surface area contributed by atoms with Crippen molar-refractivity contribution in [3.63, 3.8) is 0 Å². The summed E-state index contributed by atoms with van der Waals surface area (Å²) in [4.78, 5) is 16.6. The van der Waals surface area contributed by atoms with Crippen molar-refractivity contribution in [3.8, 4) is 11.4 Å². The quantitative estimate of drug-likeness (QED) is 0.798. The maximum absolute atomic E-state index is 12.6. The molecule has 0 bridgehead atoms. The van der Waals surface area contributed by atoms with Gasteiger partial charge in [0, 0.05) is 41.2 Å². The maximum Gasteiger partial charge on any atom is 0.251 e. The van der Waals surface area contributed by atoms with E-state index in [1.54, 1.807) is 12.5 Å². The third-order valence-corrected chi connectivity index (χ3v) is 4.63. The van der Waals surface area contributed by atoms with E-state index < -0.39 is 0 Å². The number of aromatic nitrogens is 2. The number of para-hydroxylation sites is 1. The molecule has 1 N–H and O–H groups in total. The van der Waals surface area contributed by atoms with Gasteiger partial charge in [-0.15, -0.1) is 0 Å². The minimum Gasteiger partial charge on any atom is -0.493 e. The highest BCUT2D eigenvalue weighted by molar-refractivity contribution is 5.94. The summed E-state index contributed by atoms with van der Waals surface area (Å²) in [7, 11) is 0. The van der Waals surface area contributed by atoms with Gasteiger partial charge in [0.25, 0.3) is 5.91 Å². The van der Waals surface area contributed by atoms with Gasteiger partial charge < -0.3 is 14.6 Å². The first-order valence-corrected chi connectivity index (χ1v) is 8.33. The van der Waals surface area contributed by atoms with E-state index in [1.807, 2.05) is 60.2 Å². The Hall–Kier alpha value is -3.08. The molecule has 0 radical (unpaired) electrons. The van der Waals surface area contributed by atoms with Crippen LogP contribution in [0.4, 0.5) is 0 Å². The van der Waals surface area contributed by atoms with Crippen molar-refractivity contribution in [1.82, 2.24) is 14.9 Å². The van der Waals surface area contributed by atoms with E-state index >= 15 is 0 Å². The van der Waals surface area contributed by atoms with Gasteiger partial charge in [0.05, 0.1) is 12.9 Å². The molecule has 2 heterocycles. The first-order valence-electron chi connectivity index (χ1n) is 8.33. The molecule has 2 atom stereocenters. The average Bonchev–Trinajstić information content (AvgIpc) is 3.31. The van der Waals surface area contributed by atoms with E-state index in [-0.39, 0.29) is 17.9 Å². The molecule has 0 fully saturated rings. The molecule has 1 aromatic heterocycles. The Morgan fingerprint density at radius 2 is 2.04 bits per heavy atom. The number of fused-ring (bicyclic) bond motifs is 1. The number of amides is 1. The zero-order chi connectivity index (χ0) is 17.2. The van der Waals surface area contributed by atoms with Gasteiger partial charge in [-0.1, -0.05) is 18.2 Å². The van der Waals surface area contributed by atoms with Crippen LogP contribution in [0.25, 0.3) is 5.69 Å². The summed E-state index contributed by atoms with van der Waals surface area (Å²) in [5.74, 6) is 1.01. The molecule has 4 rings (SSSR count). The van der Waals surface area contributed by atoms with E-state index in [2.05, 4.69) is 16.4 Å². The van der Waals surface area contributed by atoms with Crippen LogP contribution in [0.3, 0.4) is 0 Å². The second-order valence-electron chi connectivity index (χ2n) is 6.23. The first kappa shape index (κ1) is 15.4. The Balaban J connectivity index is 1.45. The van der Waals surface area contributed by atoms with Crippen molar-refractivity contribution in [3.05, 3.63) is 78.4 Å². The summed E-state index contributed by atoms with van der Waals surface area (Å²) in [5.41, 5.74) is 2.77. The normalized spacial score (nSPS) is 16.8. The van der Waals surface area contributed by atoms with E-state index in [9.17, 15) is 4.79 Å². The summed E-state index contributed by atoms with van der Waals surface area (Å²) in [6.07, 6.45) is 5.33. The fraction of sp³-hybridized carbons (Fsp3) is 0.200. The van der Waals surface area contributed by atoms with Gasteiger partial charge in [-0.2, -0.15) is 0 Å². The van der Waals surface area contributed by atoms with Crippen LogP contribution in [0.1, 0.15) is 28.8 Å². The zero-order valence-electron chi connectivity index (χ0n) is 13.9. The lowest BCUT2D eigenvalue weighted by atomic mass is 9.94. The lowest BCUT2D eigenvalue weighted by molar-refractivity contribution is 0.0932. The number of imidazole rings is 1. The lowest BCUT2D eigenvalue weighted by Crippen LogP contribution is -2.37. The van der Waals surface area contributed by atoms with Crippen molar-refractivity contribution in [2.24, 2.45) is 0 Å². The predicted octanol–water partition coefficient (Wildman–Crippen LogP) is 3.17. The van der Waals surface area contributed by atoms with Crippen LogP contribution in [0, 0.1) is 0 Å². The topological polar surface area (TPSA) is 56.2 Å². The summed E-state index contributed by atoms with van der Waals surface area (Å²) in [6.45, 7) is 2.62. The van der Waals surface area contributed by atoms with Gasteiger partial charge >= 0.3 is 0 Å². The molecule has 1 aliphatic rings. The number of rotatable bonds is 4. The number of benzene rings is 2. The number of hydrogen-bond acceptors (Lipinski definition) is 3. The maximum atomic E-state index is 12.6. The van der Waals surface area contributed by atoms with E-state index in [1.165, 1.54) is 0 Å². The SMILES string of the molecule is CC(NC(=O)c1ccc(-n2ccnc2)cc1)C1COc2ccccc21. The summed E-state index contributed by atoms with van der Waals surface area (Å²) >= 11 is 0. The van der Waals surface area contributed by atoms with Crippen LogP contribution in [-0.4, -0.2) is 28.1 Å². The van der Waals surface area contributed by atoms with Crippen molar-refractivity contribution in [1.29, 1.82) is 0 Å². The van der Waals surface area contributed by atoms with Gasteiger partial charge in [-0.3, -0.25) is 4.79 Å². The molecule has 0 aliphatic carbocycles. The molecule has 126 valence electrons. The Morgan fingerprint density at radius 3 is 2.80 bits per heavy atom. The van der Waals surface area contributed by atoms with Crippen molar-refractivity contribution >= 4 is 5.91 Å². The second-order valence-corrected chi connectivity index (χ2v) is 6.23. The molecule has 1 aliphatic heterocycles. The van der Waals surface area contributed by atoms with Crippen molar-refractivity contribution in [2.45, 2.75) is 18.9 Å². The highest BCUT2D eigenvalue weighted by atomic mass is 16.5. The van der Waals surface area contributed by atoms with Crippen LogP contribution < -0.4 is 10.1 Å². The van der Waals surface area contributed by atoms with Crippen molar-refractivity contribution < 1.29 is 9.53 Å². The molecule has 2 unspecified atom stereocenters. The predicted molar refractivity (Wildman–Crippen MR) is 95.2 cm³/mol. The molecule has 5 nitrogen and oxygen atoms in total. The zero-order valence-corrected chi connectivity index (χ0v) is 13.9. The molecule has 5 heteroatoms. The summed E-state index contributed by atoms with van der Waals surface area (Å²) in [6, 6.07) is 15.5. The number of ether oxygens (including phenoxy) is 1. The van der Waals surface area contributed by atoms with Crippen molar-refractivity contribution in [2.75, 3.05) is 6.61 Å². The van der Waals surface area contributed by atoms with E-state index in [4.69, 9.17) is 4.74 Å². The summed E-state index contributed by atoms with van der Waals surface area (Å²) in [5, 5.41) is 3.10. The molecule has 0 spiro atoms. The molecule has 3 aromatic rings. The summed E-state index contributed by atoms with van der Waals surface area (Å²) < 4.78 is 7.62. The average molecular weight is 333 g/mol. The molecule has 25 heavy (non-hydrogen) atoms. The van der Waals surface area contributed by atoms with Gasteiger partial charge in [0.1, 0.15) is 5.75 Å². The fourth-order valence-electron chi connectivity index (χ4n) is 3.19. The van der Waals surface area contributed by atoms with Gasteiger partial charge in [-0.25, -0.2) is 4.98 Å². The van der Waals surface area contributed by atoms with Crippen LogP contribution in [0.15, 0.2) is 67.3 Å². The fourth-order valence-corrected chi connectivity index (χ4v) is 3.19. The molecule has 0 saturated heterocycles. The first-order chi connectivity index (χ1) is 12.2. The molecule has 2 aromatic carbocycles. The van der Waals surface area contributed by atoms with Crippen LogP contribution in [0.2, 0.25) is 0 Å². The minimum absolute atomic E-state index is 0.00975. The van der Waals surface area contributed by atoms with Crippen LogP contribution in [0.5, 0.6) is 5.75 Å². The van der Waals surface area contributed by atoms with E-state index in [0.29, 0.717) is 12.2 Å². The smallest absolute Gasteiger partial charge is 0.251 e. The Labute approximate surface area is 146 Å². The third kappa shape index (κ3) is 3.01. The Bertz CT molecular complexity index is 872. The number of carbonyl (C=O) groups is 1. The third-order valence-electron chi connectivity index (χ3n) is 4.63. The number of nitrogens with one attached hydrogen (secondary N) is 1. The number of carbonyl (C=O) groups excluding carboxylic acids is 1.